The van der Waals surface area contributed by atoms with Crippen LogP contribution in [0.2, 0.25) is 0 Å². The molecular weight excluding hydrogens is 550 g/mol. The molecule has 1 unspecified atom stereocenters. The number of hydrogen-bond donors (Lipinski definition) is 1. The van der Waals surface area contributed by atoms with E-state index in [9.17, 15) is 14.7 Å². The van der Waals surface area contributed by atoms with Gasteiger partial charge in [-0.15, -0.1) is 0 Å². The Morgan fingerprint density at radius 1 is 1.05 bits per heavy atom. The van der Waals surface area contributed by atoms with Crippen molar-refractivity contribution in [1.29, 1.82) is 0 Å². The molecular formula is C30H26BrNO6. The molecule has 194 valence electrons. The third-order valence-electron chi connectivity index (χ3n) is 6.44. The zero-order valence-corrected chi connectivity index (χ0v) is 22.3. The Hall–Kier alpha value is -3.88. The molecule has 8 heteroatoms. The summed E-state index contributed by atoms with van der Waals surface area (Å²) in [5.41, 5.74) is 2.24. The van der Waals surface area contributed by atoms with Gasteiger partial charge in [0.2, 0.25) is 5.78 Å². The Morgan fingerprint density at radius 3 is 2.55 bits per heavy atom. The predicted molar refractivity (Wildman–Crippen MR) is 146 cm³/mol. The van der Waals surface area contributed by atoms with Crippen molar-refractivity contribution in [3.63, 3.8) is 0 Å². The van der Waals surface area contributed by atoms with E-state index in [0.29, 0.717) is 43.1 Å². The van der Waals surface area contributed by atoms with E-state index in [0.717, 1.165) is 15.4 Å². The topological polar surface area (TPSA) is 89.2 Å². The number of methoxy groups -OCH3 is 1. The number of aliphatic hydroxyl groups is 1. The van der Waals surface area contributed by atoms with Gasteiger partial charge in [-0.2, -0.15) is 0 Å². The van der Waals surface area contributed by atoms with Gasteiger partial charge in [0.05, 0.1) is 11.6 Å². The van der Waals surface area contributed by atoms with Crippen LogP contribution in [0.3, 0.4) is 0 Å². The average Bonchev–Trinajstić information content (AvgIpc) is 3.47. The number of benzene rings is 3. The van der Waals surface area contributed by atoms with Crippen LogP contribution in [0.5, 0.6) is 5.75 Å². The number of amides is 1. The lowest BCUT2D eigenvalue weighted by Crippen LogP contribution is -2.32. The molecule has 1 amide bonds. The molecule has 3 aromatic carbocycles. The molecule has 1 N–H and O–H groups in total. The molecule has 1 atom stereocenters. The van der Waals surface area contributed by atoms with E-state index in [4.69, 9.17) is 13.9 Å². The monoisotopic (exact) mass is 575 g/mol. The van der Waals surface area contributed by atoms with Crippen LogP contribution >= 0.6 is 15.9 Å². The van der Waals surface area contributed by atoms with Gasteiger partial charge in [-0.1, -0.05) is 58.4 Å². The Morgan fingerprint density at radius 2 is 1.82 bits per heavy atom. The molecule has 0 bridgehead atoms. The number of furan rings is 1. The first-order valence-electron chi connectivity index (χ1n) is 12.2. The normalized spacial score (nSPS) is 15.5. The van der Waals surface area contributed by atoms with Gasteiger partial charge < -0.3 is 23.9 Å². The second-order valence-corrected chi connectivity index (χ2v) is 9.89. The van der Waals surface area contributed by atoms with Crippen LogP contribution in [0.15, 0.2) is 99.1 Å². The van der Waals surface area contributed by atoms with Crippen molar-refractivity contribution in [3.8, 4) is 5.75 Å². The lowest BCUT2D eigenvalue weighted by molar-refractivity contribution is -0.129. The highest BCUT2D eigenvalue weighted by molar-refractivity contribution is 9.10. The molecule has 1 aliphatic rings. The van der Waals surface area contributed by atoms with E-state index in [1.807, 2.05) is 54.6 Å². The van der Waals surface area contributed by atoms with Crippen molar-refractivity contribution < 1.29 is 28.6 Å². The number of ketones is 1. The Labute approximate surface area is 228 Å². The van der Waals surface area contributed by atoms with Crippen molar-refractivity contribution in [2.45, 2.75) is 19.1 Å². The highest BCUT2D eigenvalue weighted by atomic mass is 79.9. The summed E-state index contributed by atoms with van der Waals surface area (Å²) in [6.45, 7) is 1.15. The average molecular weight is 576 g/mol. The predicted octanol–water partition coefficient (Wildman–Crippen LogP) is 6.39. The van der Waals surface area contributed by atoms with Gasteiger partial charge in [0.1, 0.15) is 17.9 Å². The minimum absolute atomic E-state index is 0.0107. The van der Waals surface area contributed by atoms with Crippen molar-refractivity contribution >= 4 is 38.6 Å². The molecule has 0 saturated heterocycles. The standard InChI is InChI=1S/C30H26BrNO6/c1-36-15-5-14-32-27(20-8-11-23(12-9-20)37-18-19-6-3-2-4-7-19)26(29(34)30(32)35)28(33)25-17-21-16-22(31)10-13-24(21)38-25/h2-4,6-13,16-17,27,34H,5,14-15,18H2,1H3. The van der Waals surface area contributed by atoms with E-state index in [1.165, 1.54) is 4.90 Å². The van der Waals surface area contributed by atoms with Crippen molar-refractivity contribution in [2.24, 2.45) is 0 Å². The number of carbonyl (C=O) groups is 2. The number of ether oxygens (including phenoxy) is 2. The lowest BCUT2D eigenvalue weighted by atomic mass is 9.95. The van der Waals surface area contributed by atoms with Crippen LogP contribution in [0, 0.1) is 0 Å². The molecule has 1 aromatic heterocycles. The molecule has 0 saturated carbocycles. The first-order valence-corrected chi connectivity index (χ1v) is 13.0. The van der Waals surface area contributed by atoms with E-state index >= 15 is 0 Å². The fourth-order valence-corrected chi connectivity index (χ4v) is 4.97. The summed E-state index contributed by atoms with van der Waals surface area (Å²) in [6.07, 6.45) is 0.546. The Balaban J connectivity index is 1.45. The maximum Gasteiger partial charge on any atom is 0.290 e. The quantitative estimate of drug-likeness (QED) is 0.174. The molecule has 0 spiro atoms. The molecule has 0 radical (unpaired) electrons. The van der Waals surface area contributed by atoms with Crippen LogP contribution in [-0.2, 0) is 16.1 Å². The zero-order valence-electron chi connectivity index (χ0n) is 20.7. The van der Waals surface area contributed by atoms with E-state index in [2.05, 4.69) is 15.9 Å². The van der Waals surface area contributed by atoms with Gasteiger partial charge in [0.25, 0.3) is 5.91 Å². The van der Waals surface area contributed by atoms with Crippen molar-refractivity contribution in [3.05, 3.63) is 112 Å². The maximum atomic E-state index is 13.7. The summed E-state index contributed by atoms with van der Waals surface area (Å²) in [6, 6.07) is 23.3. The largest absolute Gasteiger partial charge is 0.503 e. The molecule has 5 rings (SSSR count). The van der Waals surface area contributed by atoms with Gasteiger partial charge in [-0.25, -0.2) is 0 Å². The lowest BCUT2D eigenvalue weighted by Gasteiger charge is -2.26. The fourth-order valence-electron chi connectivity index (χ4n) is 4.59. The minimum atomic E-state index is -0.782. The van der Waals surface area contributed by atoms with Crippen molar-refractivity contribution in [1.82, 2.24) is 4.90 Å². The van der Waals surface area contributed by atoms with Crippen molar-refractivity contribution in [2.75, 3.05) is 20.3 Å². The summed E-state index contributed by atoms with van der Waals surface area (Å²) >= 11 is 3.42. The third kappa shape index (κ3) is 5.23. The summed E-state index contributed by atoms with van der Waals surface area (Å²) in [4.78, 5) is 28.3. The molecule has 2 heterocycles. The first-order chi connectivity index (χ1) is 18.5. The van der Waals surface area contributed by atoms with E-state index in [-0.39, 0.29) is 11.3 Å². The number of carbonyl (C=O) groups excluding carboxylic acids is 2. The SMILES string of the molecule is COCCCN1C(=O)C(O)=C(C(=O)c2cc3cc(Br)ccc3o2)C1c1ccc(OCc2ccccc2)cc1. The second-order valence-electron chi connectivity index (χ2n) is 8.97. The fraction of sp³-hybridized carbons (Fsp3) is 0.200. The Bertz CT molecular complexity index is 1490. The molecule has 1 aliphatic heterocycles. The number of hydrogen-bond acceptors (Lipinski definition) is 6. The molecule has 7 nitrogen and oxygen atoms in total. The smallest absolute Gasteiger partial charge is 0.290 e. The van der Waals surface area contributed by atoms with Crippen LogP contribution in [0.25, 0.3) is 11.0 Å². The van der Waals surface area contributed by atoms with E-state index < -0.39 is 23.5 Å². The highest BCUT2D eigenvalue weighted by Crippen LogP contribution is 2.40. The number of aliphatic hydroxyl groups excluding tert-OH is 1. The molecule has 0 fully saturated rings. The molecule has 0 aliphatic carbocycles. The number of nitrogens with zero attached hydrogens (tertiary/aromatic N) is 1. The maximum absolute atomic E-state index is 13.7. The molecule has 38 heavy (non-hydrogen) atoms. The zero-order chi connectivity index (χ0) is 26.6. The van der Waals surface area contributed by atoms with Gasteiger partial charge in [-0.05, 0) is 53.9 Å². The number of rotatable bonds is 10. The number of halogens is 1. The number of fused-ring (bicyclic) bond motifs is 1. The second kappa shape index (κ2) is 11.2. The first kappa shape index (κ1) is 25.8. The summed E-state index contributed by atoms with van der Waals surface area (Å²) < 4.78 is 17.7. The summed E-state index contributed by atoms with van der Waals surface area (Å²) in [5.74, 6) is -0.996. The van der Waals surface area contributed by atoms with Crippen LogP contribution in [0.1, 0.15) is 34.1 Å². The van der Waals surface area contributed by atoms with Gasteiger partial charge in [0.15, 0.2) is 11.5 Å². The summed E-state index contributed by atoms with van der Waals surface area (Å²) in [5, 5.41) is 11.6. The van der Waals surface area contributed by atoms with Crippen LogP contribution in [0.4, 0.5) is 0 Å². The highest BCUT2D eigenvalue weighted by Gasteiger charge is 2.44. The van der Waals surface area contributed by atoms with E-state index in [1.54, 1.807) is 31.4 Å². The van der Waals surface area contributed by atoms with Gasteiger partial charge in [0, 0.05) is 30.1 Å². The number of Topliss-reactive ketones (excluding diaryl/α,β-unsaturated/α-hetero) is 1. The van der Waals surface area contributed by atoms with Crippen LogP contribution in [-0.4, -0.2) is 42.0 Å². The third-order valence-corrected chi connectivity index (χ3v) is 6.94. The van der Waals surface area contributed by atoms with Crippen LogP contribution < -0.4 is 4.74 Å². The molecule has 4 aromatic rings. The van der Waals surface area contributed by atoms with Gasteiger partial charge in [-0.3, -0.25) is 9.59 Å². The Kier molecular flexibility index (Phi) is 7.62. The summed E-state index contributed by atoms with van der Waals surface area (Å²) in [7, 11) is 1.59. The van der Waals surface area contributed by atoms with Gasteiger partial charge >= 0.3 is 0 Å². The minimum Gasteiger partial charge on any atom is -0.503 e.